The van der Waals surface area contributed by atoms with Crippen LogP contribution >= 0.6 is 0 Å². The highest BCUT2D eigenvalue weighted by Gasteiger charge is 2.33. The first-order valence-electron chi connectivity index (χ1n) is 6.10. The predicted molar refractivity (Wildman–Crippen MR) is 70.5 cm³/mol. The van der Waals surface area contributed by atoms with E-state index in [9.17, 15) is 9.90 Å². The number of rotatable bonds is 3. The van der Waals surface area contributed by atoms with E-state index in [-0.39, 0.29) is 5.78 Å². The summed E-state index contributed by atoms with van der Waals surface area (Å²) < 4.78 is 5.25. The van der Waals surface area contributed by atoms with Crippen LogP contribution in [0.25, 0.3) is 0 Å². The summed E-state index contributed by atoms with van der Waals surface area (Å²) in [5.74, 6) is 0.570. The van der Waals surface area contributed by atoms with Crippen molar-refractivity contribution in [1.82, 2.24) is 0 Å². The molecule has 1 atom stereocenters. The number of carbonyl (C=O) groups excluding carboxylic acids is 1. The second-order valence-electron chi connectivity index (χ2n) is 5.08. The van der Waals surface area contributed by atoms with Crippen molar-refractivity contribution in [3.63, 3.8) is 0 Å². The molecule has 0 aliphatic carbocycles. The quantitative estimate of drug-likeness (QED) is 0.831. The van der Waals surface area contributed by atoms with Crippen LogP contribution in [0.4, 0.5) is 5.69 Å². The zero-order valence-corrected chi connectivity index (χ0v) is 11.1. The number of β-amino-alcohol motifs (C(OH)–C–C–N with tert-alkyl or cyclic N) is 1. The van der Waals surface area contributed by atoms with E-state index in [1.165, 1.54) is 6.92 Å². The molecule has 1 aliphatic heterocycles. The van der Waals surface area contributed by atoms with Gasteiger partial charge in [-0.3, -0.25) is 4.79 Å². The van der Waals surface area contributed by atoms with Crippen LogP contribution in [0.15, 0.2) is 18.2 Å². The van der Waals surface area contributed by atoms with Gasteiger partial charge in [0.05, 0.1) is 24.0 Å². The zero-order valence-electron chi connectivity index (χ0n) is 11.1. The molecule has 0 radical (unpaired) electrons. The SMILES string of the molecule is COc1cccc(N2CCC(C)(O)C2)c1C(C)=O. The molecule has 1 heterocycles. The molecule has 1 aromatic carbocycles. The van der Waals surface area contributed by atoms with Crippen molar-refractivity contribution < 1.29 is 14.6 Å². The van der Waals surface area contributed by atoms with Crippen LogP contribution in [0.1, 0.15) is 30.6 Å². The minimum atomic E-state index is -0.683. The topological polar surface area (TPSA) is 49.8 Å². The minimum Gasteiger partial charge on any atom is -0.496 e. The molecule has 18 heavy (non-hydrogen) atoms. The Bertz CT molecular complexity index is 468. The van der Waals surface area contributed by atoms with Gasteiger partial charge in [0.1, 0.15) is 5.75 Å². The summed E-state index contributed by atoms with van der Waals surface area (Å²) in [4.78, 5) is 13.8. The summed E-state index contributed by atoms with van der Waals surface area (Å²) in [7, 11) is 1.56. The van der Waals surface area contributed by atoms with Gasteiger partial charge in [0.2, 0.25) is 0 Å². The molecule has 0 saturated carbocycles. The number of anilines is 1. The van der Waals surface area contributed by atoms with Gasteiger partial charge >= 0.3 is 0 Å². The van der Waals surface area contributed by atoms with Crippen LogP contribution in [0, 0.1) is 0 Å². The minimum absolute atomic E-state index is 0.0195. The number of nitrogens with zero attached hydrogens (tertiary/aromatic N) is 1. The van der Waals surface area contributed by atoms with Crippen molar-refractivity contribution in [1.29, 1.82) is 0 Å². The smallest absolute Gasteiger partial charge is 0.165 e. The Hall–Kier alpha value is -1.55. The van der Waals surface area contributed by atoms with Gasteiger partial charge in [0.25, 0.3) is 0 Å². The van der Waals surface area contributed by atoms with Gasteiger partial charge < -0.3 is 14.7 Å². The summed E-state index contributed by atoms with van der Waals surface area (Å²) in [5.41, 5.74) is 0.759. The summed E-state index contributed by atoms with van der Waals surface area (Å²) in [6.07, 6.45) is 0.710. The highest BCUT2D eigenvalue weighted by molar-refractivity contribution is 6.02. The van der Waals surface area contributed by atoms with Gasteiger partial charge in [-0.1, -0.05) is 6.07 Å². The highest BCUT2D eigenvalue weighted by atomic mass is 16.5. The number of methoxy groups -OCH3 is 1. The first-order valence-corrected chi connectivity index (χ1v) is 6.10. The van der Waals surface area contributed by atoms with Crippen LogP contribution in [-0.2, 0) is 0 Å². The number of hydrogen-bond donors (Lipinski definition) is 1. The molecular weight excluding hydrogens is 230 g/mol. The Kier molecular flexibility index (Phi) is 3.30. The highest BCUT2D eigenvalue weighted by Crippen LogP contribution is 2.34. The third-order valence-corrected chi connectivity index (χ3v) is 3.37. The van der Waals surface area contributed by atoms with Crippen molar-refractivity contribution in [2.75, 3.05) is 25.1 Å². The lowest BCUT2D eigenvalue weighted by atomic mass is 10.1. The molecule has 1 unspecified atom stereocenters. The molecule has 4 nitrogen and oxygen atoms in total. The Morgan fingerprint density at radius 3 is 2.72 bits per heavy atom. The molecule has 0 bridgehead atoms. The van der Waals surface area contributed by atoms with E-state index in [0.29, 0.717) is 24.3 Å². The summed E-state index contributed by atoms with van der Waals surface area (Å²) in [6, 6.07) is 5.56. The Morgan fingerprint density at radius 2 is 2.22 bits per heavy atom. The third kappa shape index (κ3) is 2.34. The van der Waals surface area contributed by atoms with E-state index in [1.807, 2.05) is 24.0 Å². The summed E-state index contributed by atoms with van der Waals surface area (Å²) in [5, 5.41) is 10.0. The van der Waals surface area contributed by atoms with Gasteiger partial charge in [-0.25, -0.2) is 0 Å². The lowest BCUT2D eigenvalue weighted by Gasteiger charge is -2.23. The maximum absolute atomic E-state index is 11.8. The molecule has 98 valence electrons. The second-order valence-corrected chi connectivity index (χ2v) is 5.08. The largest absolute Gasteiger partial charge is 0.496 e. The number of aliphatic hydroxyl groups is 1. The molecule has 0 spiro atoms. The fraction of sp³-hybridized carbons (Fsp3) is 0.500. The van der Waals surface area contributed by atoms with Gasteiger partial charge in [-0.15, -0.1) is 0 Å². The molecule has 1 aromatic rings. The fourth-order valence-electron chi connectivity index (χ4n) is 2.46. The van der Waals surface area contributed by atoms with Crippen molar-refractivity contribution in [3.05, 3.63) is 23.8 Å². The fourth-order valence-corrected chi connectivity index (χ4v) is 2.46. The van der Waals surface area contributed by atoms with E-state index in [0.717, 1.165) is 12.2 Å². The average Bonchev–Trinajstić information content (AvgIpc) is 2.68. The number of Topliss-reactive ketones (excluding diaryl/α,β-unsaturated/α-hetero) is 1. The van der Waals surface area contributed by atoms with Crippen molar-refractivity contribution in [2.45, 2.75) is 25.9 Å². The van der Waals surface area contributed by atoms with Crippen LogP contribution in [0.5, 0.6) is 5.75 Å². The Morgan fingerprint density at radius 1 is 1.50 bits per heavy atom. The summed E-state index contributed by atoms with van der Waals surface area (Å²) in [6.45, 7) is 4.65. The monoisotopic (exact) mass is 249 g/mol. The number of carbonyl (C=O) groups is 1. The average molecular weight is 249 g/mol. The first-order chi connectivity index (χ1) is 8.44. The molecule has 1 fully saturated rings. The zero-order chi connectivity index (χ0) is 13.3. The third-order valence-electron chi connectivity index (χ3n) is 3.37. The number of ketones is 1. The van der Waals surface area contributed by atoms with Gasteiger partial charge in [0.15, 0.2) is 5.78 Å². The number of hydrogen-bond acceptors (Lipinski definition) is 4. The van der Waals surface area contributed by atoms with Crippen molar-refractivity contribution in [3.8, 4) is 5.75 Å². The van der Waals surface area contributed by atoms with Gasteiger partial charge in [0, 0.05) is 13.1 Å². The number of benzene rings is 1. The summed E-state index contributed by atoms with van der Waals surface area (Å²) >= 11 is 0. The molecule has 1 N–H and O–H groups in total. The molecule has 1 aliphatic rings. The van der Waals surface area contributed by atoms with E-state index in [2.05, 4.69) is 0 Å². The maximum atomic E-state index is 11.8. The second kappa shape index (κ2) is 4.61. The van der Waals surface area contributed by atoms with Gasteiger partial charge in [-0.05, 0) is 32.4 Å². The lowest BCUT2D eigenvalue weighted by molar-refractivity contribution is 0.0838. The van der Waals surface area contributed by atoms with Crippen LogP contribution < -0.4 is 9.64 Å². The predicted octanol–water partition coefficient (Wildman–Crippen LogP) is 1.86. The van der Waals surface area contributed by atoms with Crippen LogP contribution in [0.3, 0.4) is 0 Å². The normalized spacial score (nSPS) is 23.2. The molecule has 0 aromatic heterocycles. The van der Waals surface area contributed by atoms with Crippen LogP contribution in [0.2, 0.25) is 0 Å². The molecule has 0 amide bonds. The van der Waals surface area contributed by atoms with Crippen LogP contribution in [-0.4, -0.2) is 36.7 Å². The first kappa shape index (κ1) is 12.9. The van der Waals surface area contributed by atoms with Crippen molar-refractivity contribution >= 4 is 11.5 Å². The Labute approximate surface area is 107 Å². The van der Waals surface area contributed by atoms with E-state index < -0.39 is 5.60 Å². The van der Waals surface area contributed by atoms with E-state index in [1.54, 1.807) is 13.2 Å². The Balaban J connectivity index is 2.42. The van der Waals surface area contributed by atoms with Gasteiger partial charge in [-0.2, -0.15) is 0 Å². The molecule has 2 rings (SSSR count). The molecule has 4 heteroatoms. The van der Waals surface area contributed by atoms with E-state index in [4.69, 9.17) is 4.74 Å². The maximum Gasteiger partial charge on any atom is 0.165 e. The lowest BCUT2D eigenvalue weighted by Crippen LogP contribution is -2.30. The molecular formula is C14H19NO3. The number of ether oxygens (including phenoxy) is 1. The molecule has 1 saturated heterocycles. The van der Waals surface area contributed by atoms with Crippen molar-refractivity contribution in [2.24, 2.45) is 0 Å². The van der Waals surface area contributed by atoms with E-state index >= 15 is 0 Å². The standard InChI is InChI=1S/C14H19NO3/c1-10(16)13-11(5-4-6-12(13)18-3)15-8-7-14(2,17)9-15/h4-6,17H,7-9H2,1-3H3.